The zero-order valence-corrected chi connectivity index (χ0v) is 15.0. The summed E-state index contributed by atoms with van der Waals surface area (Å²) < 4.78 is 11.5. The van der Waals surface area contributed by atoms with Crippen LogP contribution in [0.1, 0.15) is 25.0 Å². The SMILES string of the molecule is CC(C)C(O)COc1cccc(OCCN2Cc3ccccc3C2)c1. The van der Waals surface area contributed by atoms with Gasteiger partial charge in [-0.05, 0) is 29.2 Å². The molecule has 134 valence electrons. The van der Waals surface area contributed by atoms with E-state index in [1.165, 1.54) is 11.1 Å². The first-order valence-corrected chi connectivity index (χ1v) is 8.94. The highest BCUT2D eigenvalue weighted by atomic mass is 16.5. The molecule has 2 aromatic rings. The fraction of sp³-hybridized carbons (Fsp3) is 0.429. The summed E-state index contributed by atoms with van der Waals surface area (Å²) in [7, 11) is 0. The third-order valence-electron chi connectivity index (χ3n) is 4.58. The number of hydrogen-bond donors (Lipinski definition) is 1. The van der Waals surface area contributed by atoms with E-state index in [-0.39, 0.29) is 5.92 Å². The molecule has 1 N–H and O–H groups in total. The van der Waals surface area contributed by atoms with Crippen LogP contribution < -0.4 is 9.47 Å². The second-order valence-corrected chi connectivity index (χ2v) is 6.93. The van der Waals surface area contributed by atoms with Crippen LogP contribution in [0.2, 0.25) is 0 Å². The zero-order chi connectivity index (χ0) is 17.6. The summed E-state index contributed by atoms with van der Waals surface area (Å²) in [6.45, 7) is 7.78. The van der Waals surface area contributed by atoms with Crippen molar-refractivity contribution < 1.29 is 14.6 Å². The molecular formula is C21H27NO3. The fourth-order valence-corrected chi connectivity index (χ4v) is 2.88. The summed E-state index contributed by atoms with van der Waals surface area (Å²) in [5, 5.41) is 9.83. The second kappa shape index (κ2) is 8.37. The van der Waals surface area contributed by atoms with Crippen molar-refractivity contribution in [2.45, 2.75) is 33.0 Å². The molecule has 1 atom stereocenters. The van der Waals surface area contributed by atoms with Crippen molar-refractivity contribution in [3.8, 4) is 11.5 Å². The topological polar surface area (TPSA) is 41.9 Å². The lowest BCUT2D eigenvalue weighted by Crippen LogP contribution is -2.23. The summed E-state index contributed by atoms with van der Waals surface area (Å²) >= 11 is 0. The number of ether oxygens (including phenoxy) is 2. The lowest BCUT2D eigenvalue weighted by Gasteiger charge is -2.17. The maximum Gasteiger partial charge on any atom is 0.123 e. The molecule has 1 heterocycles. The first-order valence-electron chi connectivity index (χ1n) is 8.94. The molecule has 0 aliphatic carbocycles. The van der Waals surface area contributed by atoms with Crippen molar-refractivity contribution >= 4 is 0 Å². The van der Waals surface area contributed by atoms with Crippen LogP contribution in [0.5, 0.6) is 11.5 Å². The lowest BCUT2D eigenvalue weighted by molar-refractivity contribution is 0.0700. The summed E-state index contributed by atoms with van der Waals surface area (Å²) in [6.07, 6.45) is -0.457. The Morgan fingerprint density at radius 2 is 1.60 bits per heavy atom. The lowest BCUT2D eigenvalue weighted by atomic mass is 10.1. The average molecular weight is 341 g/mol. The largest absolute Gasteiger partial charge is 0.492 e. The highest BCUT2D eigenvalue weighted by Gasteiger charge is 2.17. The summed E-state index contributed by atoms with van der Waals surface area (Å²) in [5.74, 6) is 1.71. The summed E-state index contributed by atoms with van der Waals surface area (Å²) in [5.41, 5.74) is 2.84. The van der Waals surface area contributed by atoms with Gasteiger partial charge in [0.15, 0.2) is 0 Å². The van der Waals surface area contributed by atoms with Gasteiger partial charge in [-0.1, -0.05) is 44.2 Å². The van der Waals surface area contributed by atoms with Crippen LogP contribution in [0.3, 0.4) is 0 Å². The first-order chi connectivity index (χ1) is 12.1. The van der Waals surface area contributed by atoms with Crippen LogP contribution in [0.15, 0.2) is 48.5 Å². The van der Waals surface area contributed by atoms with Crippen molar-refractivity contribution in [1.82, 2.24) is 4.90 Å². The Hall–Kier alpha value is -2.04. The van der Waals surface area contributed by atoms with Gasteiger partial charge in [0, 0.05) is 25.7 Å². The average Bonchev–Trinajstić information content (AvgIpc) is 3.02. The molecule has 0 spiro atoms. The predicted octanol–water partition coefficient (Wildman–Crippen LogP) is 3.48. The van der Waals surface area contributed by atoms with E-state index < -0.39 is 6.10 Å². The van der Waals surface area contributed by atoms with Gasteiger partial charge in [0.1, 0.15) is 24.7 Å². The number of aliphatic hydroxyl groups excluding tert-OH is 1. The zero-order valence-electron chi connectivity index (χ0n) is 15.0. The Morgan fingerprint density at radius 3 is 2.24 bits per heavy atom. The van der Waals surface area contributed by atoms with Crippen LogP contribution in [0.4, 0.5) is 0 Å². The van der Waals surface area contributed by atoms with Crippen LogP contribution in [-0.2, 0) is 13.1 Å². The molecule has 1 aliphatic rings. The minimum atomic E-state index is -0.457. The van der Waals surface area contributed by atoms with Crippen molar-refractivity contribution in [3.63, 3.8) is 0 Å². The Labute approximate surface area is 150 Å². The summed E-state index contributed by atoms with van der Waals surface area (Å²) in [4.78, 5) is 2.39. The molecule has 2 aromatic carbocycles. The van der Waals surface area contributed by atoms with Crippen molar-refractivity contribution in [2.75, 3.05) is 19.8 Å². The van der Waals surface area contributed by atoms with Gasteiger partial charge in [-0.2, -0.15) is 0 Å². The normalized spacial score (nSPS) is 15.2. The van der Waals surface area contributed by atoms with Crippen LogP contribution in [-0.4, -0.2) is 35.9 Å². The number of nitrogens with zero attached hydrogens (tertiary/aromatic N) is 1. The van der Waals surface area contributed by atoms with Crippen LogP contribution in [0, 0.1) is 5.92 Å². The smallest absolute Gasteiger partial charge is 0.123 e. The minimum absolute atomic E-state index is 0.184. The molecule has 1 unspecified atom stereocenters. The Bertz CT molecular complexity index is 661. The Kier molecular flexibility index (Phi) is 5.95. The molecule has 0 aromatic heterocycles. The minimum Gasteiger partial charge on any atom is -0.492 e. The molecule has 0 radical (unpaired) electrons. The molecule has 3 rings (SSSR count). The highest BCUT2D eigenvalue weighted by molar-refractivity contribution is 5.33. The van der Waals surface area contributed by atoms with Gasteiger partial charge < -0.3 is 14.6 Å². The van der Waals surface area contributed by atoms with E-state index in [0.717, 1.165) is 31.1 Å². The molecule has 25 heavy (non-hydrogen) atoms. The predicted molar refractivity (Wildman–Crippen MR) is 98.8 cm³/mol. The summed E-state index contributed by atoms with van der Waals surface area (Å²) in [6, 6.07) is 16.2. The molecule has 0 saturated heterocycles. The van der Waals surface area contributed by atoms with Crippen molar-refractivity contribution in [3.05, 3.63) is 59.7 Å². The molecule has 1 aliphatic heterocycles. The quantitative estimate of drug-likeness (QED) is 0.798. The van der Waals surface area contributed by atoms with Gasteiger partial charge in [0.05, 0.1) is 6.10 Å². The highest BCUT2D eigenvalue weighted by Crippen LogP contribution is 2.23. The maximum atomic E-state index is 9.83. The maximum absolute atomic E-state index is 9.83. The number of hydrogen-bond acceptors (Lipinski definition) is 4. The van der Waals surface area contributed by atoms with Gasteiger partial charge in [-0.25, -0.2) is 0 Å². The number of fused-ring (bicyclic) bond motifs is 1. The molecule has 0 saturated carbocycles. The molecule has 4 nitrogen and oxygen atoms in total. The van der Waals surface area contributed by atoms with E-state index in [1.807, 2.05) is 38.1 Å². The second-order valence-electron chi connectivity index (χ2n) is 6.93. The molecular weight excluding hydrogens is 314 g/mol. The third-order valence-corrected chi connectivity index (χ3v) is 4.58. The van der Waals surface area contributed by atoms with E-state index in [2.05, 4.69) is 29.2 Å². The molecule has 0 fully saturated rings. The van der Waals surface area contributed by atoms with E-state index >= 15 is 0 Å². The van der Waals surface area contributed by atoms with Gasteiger partial charge >= 0.3 is 0 Å². The van der Waals surface area contributed by atoms with Crippen molar-refractivity contribution in [2.24, 2.45) is 5.92 Å². The Balaban J connectivity index is 1.44. The van der Waals surface area contributed by atoms with E-state index in [9.17, 15) is 5.11 Å². The first kappa shape index (κ1) is 17.8. The van der Waals surface area contributed by atoms with E-state index in [0.29, 0.717) is 13.2 Å². The molecule has 0 bridgehead atoms. The number of aliphatic hydroxyl groups is 1. The number of rotatable bonds is 8. The molecule has 0 amide bonds. The third kappa shape index (κ3) is 4.97. The van der Waals surface area contributed by atoms with E-state index in [4.69, 9.17) is 9.47 Å². The fourth-order valence-electron chi connectivity index (χ4n) is 2.88. The van der Waals surface area contributed by atoms with Crippen molar-refractivity contribution in [1.29, 1.82) is 0 Å². The van der Waals surface area contributed by atoms with Gasteiger partial charge in [-0.15, -0.1) is 0 Å². The van der Waals surface area contributed by atoms with Crippen LogP contribution in [0.25, 0.3) is 0 Å². The van der Waals surface area contributed by atoms with Gasteiger partial charge in [0.25, 0.3) is 0 Å². The Morgan fingerprint density at radius 1 is 0.960 bits per heavy atom. The standard InChI is InChI=1S/C21H27NO3/c1-16(2)21(23)15-25-20-9-5-8-19(12-20)24-11-10-22-13-17-6-3-4-7-18(17)14-22/h3-9,12,16,21,23H,10-11,13-15H2,1-2H3. The van der Waals surface area contributed by atoms with Gasteiger partial charge in [-0.3, -0.25) is 4.90 Å². The van der Waals surface area contributed by atoms with E-state index in [1.54, 1.807) is 0 Å². The molecule has 4 heteroatoms. The van der Waals surface area contributed by atoms with Crippen LogP contribution >= 0.6 is 0 Å². The van der Waals surface area contributed by atoms with Gasteiger partial charge in [0.2, 0.25) is 0 Å². The number of benzene rings is 2. The monoisotopic (exact) mass is 341 g/mol.